The smallest absolute Gasteiger partial charge is 1.00 e. The summed E-state index contributed by atoms with van der Waals surface area (Å²) >= 11 is 0. The Kier molecular flexibility index (Phi) is 63.0. The molecule has 7 heavy (non-hydrogen) atoms. The van der Waals surface area contributed by atoms with Crippen molar-refractivity contribution in [1.82, 2.24) is 6.15 Å². The Labute approximate surface area is 65.3 Å². The predicted molar refractivity (Wildman–Crippen MR) is 29.0 cm³/mol. The third-order valence-electron chi connectivity index (χ3n) is 0. The zero-order valence-electron chi connectivity index (χ0n) is 5.53. The molecule has 44 valence electrons. The fourth-order valence-corrected chi connectivity index (χ4v) is 0. The Morgan fingerprint density at radius 3 is 1.71 bits per heavy atom. The van der Waals surface area contributed by atoms with Crippen molar-refractivity contribution in [2.24, 2.45) is 0 Å². The van der Waals surface area contributed by atoms with Gasteiger partial charge in [0.05, 0.1) is 0 Å². The third-order valence-corrected chi connectivity index (χ3v) is 0. The van der Waals surface area contributed by atoms with Crippen LogP contribution in [0.4, 0.5) is 0 Å². The monoisotopic (exact) mass is 142 g/mol. The van der Waals surface area contributed by atoms with Crippen LogP contribution >= 0.6 is 12.4 Å². The minimum Gasteiger partial charge on any atom is -1.00 e. The van der Waals surface area contributed by atoms with Crippen LogP contribution in [0, 0.1) is 10.1 Å². The predicted octanol–water partition coefficient (Wildman–Crippen LogP) is 0.0803. The molecule has 0 saturated carbocycles. The molecule has 0 fully saturated rings. The van der Waals surface area contributed by atoms with E-state index in [2.05, 4.69) is 0 Å². The van der Waals surface area contributed by atoms with Crippen molar-refractivity contribution in [2.75, 3.05) is 0 Å². The molecule has 0 aromatic heterocycles. The summed E-state index contributed by atoms with van der Waals surface area (Å²) < 4.78 is 0. The second-order valence-electron chi connectivity index (χ2n) is 0.238. The van der Waals surface area contributed by atoms with E-state index >= 15 is 0 Å². The molecular weight excluding hydrogens is 136 g/mol. The number of rotatable bonds is 0. The van der Waals surface area contributed by atoms with Crippen molar-refractivity contribution in [1.29, 1.82) is 0 Å². The van der Waals surface area contributed by atoms with Gasteiger partial charge in [-0.3, -0.25) is 0 Å². The molecule has 0 spiro atoms. The van der Waals surface area contributed by atoms with Gasteiger partial charge in [0.1, 0.15) is 0 Å². The summed E-state index contributed by atoms with van der Waals surface area (Å²) in [6.45, 7) is 0. The largest absolute Gasteiger partial charge is 2.00 e. The molecule has 0 saturated heterocycles. The van der Waals surface area contributed by atoms with Crippen LogP contribution in [0.2, 0.25) is 0 Å². The summed E-state index contributed by atoms with van der Waals surface area (Å²) in [6, 6.07) is 0. The molecule has 0 aliphatic carbocycles. The first-order chi connectivity index (χ1) is 1.73. The maximum absolute atomic E-state index is 8.36. The van der Waals surface area contributed by atoms with Crippen LogP contribution in [0.25, 0.3) is 0 Å². The van der Waals surface area contributed by atoms with E-state index in [0.29, 0.717) is 0 Å². The average Bonchev–Trinajstić information content (AvgIpc) is 0.811. The molecule has 0 amide bonds. The van der Waals surface area contributed by atoms with Crippen LogP contribution < -0.4 is 6.15 Å². The van der Waals surface area contributed by atoms with Gasteiger partial charge >= 0.3 is 23.1 Å². The van der Waals surface area contributed by atoms with Gasteiger partial charge in [0.2, 0.25) is 0 Å². The van der Waals surface area contributed by atoms with Gasteiger partial charge in [0.25, 0.3) is 5.09 Å². The van der Waals surface area contributed by atoms with Crippen molar-refractivity contribution >= 4 is 35.5 Å². The van der Waals surface area contributed by atoms with E-state index in [1.165, 1.54) is 0 Å². The molecule has 0 aliphatic heterocycles. The Bertz CT molecular complexity index is 42.8. The number of halogens is 1. The van der Waals surface area contributed by atoms with E-state index in [0.717, 1.165) is 0 Å². The fraction of sp³-hybridized carbons (Fsp3) is 0. The van der Waals surface area contributed by atoms with Gasteiger partial charge in [-0.05, 0) is 0 Å². The molecule has 0 heterocycles. The molecule has 0 aromatic rings. The van der Waals surface area contributed by atoms with Gasteiger partial charge in [0, 0.05) is 0 Å². The second kappa shape index (κ2) is 16.4. The van der Waals surface area contributed by atoms with E-state index < -0.39 is 5.09 Å². The Balaban J connectivity index is -0.00000000450. The average molecular weight is 143 g/mol. The van der Waals surface area contributed by atoms with Crippen molar-refractivity contribution < 1.29 is 13.1 Å². The Morgan fingerprint density at radius 2 is 1.71 bits per heavy atom. The molecule has 0 aliphatic rings. The van der Waals surface area contributed by atoms with Gasteiger partial charge in [-0.2, -0.15) is 0 Å². The van der Waals surface area contributed by atoms with Gasteiger partial charge in [-0.1, -0.05) is 0 Å². The van der Waals surface area contributed by atoms with Gasteiger partial charge in [-0.25, -0.2) is 0 Å². The van der Waals surface area contributed by atoms with Crippen LogP contribution in [0.5, 0.6) is 0 Å². The SMILES string of the molecule is Cl.N.O=[N+]([O-])O.[H-].[H-].[Mg+2]. The summed E-state index contributed by atoms with van der Waals surface area (Å²) in [6.07, 6.45) is 0. The molecule has 4 N–H and O–H groups in total. The van der Waals surface area contributed by atoms with E-state index in [-0.39, 0.29) is 44.5 Å². The number of nitrogens with zero attached hydrogens (tertiary/aromatic N) is 1. The summed E-state index contributed by atoms with van der Waals surface area (Å²) in [7, 11) is 0. The molecule has 0 radical (unpaired) electrons. The van der Waals surface area contributed by atoms with Crippen LogP contribution in [0.3, 0.4) is 0 Å². The summed E-state index contributed by atoms with van der Waals surface area (Å²) in [5, 5.41) is 13.6. The summed E-state index contributed by atoms with van der Waals surface area (Å²) in [5.41, 5.74) is 0. The Morgan fingerprint density at radius 1 is 1.71 bits per heavy atom. The van der Waals surface area contributed by atoms with Crippen LogP contribution in [-0.2, 0) is 0 Å². The van der Waals surface area contributed by atoms with Crippen molar-refractivity contribution in [2.45, 2.75) is 0 Å². The fourth-order valence-electron chi connectivity index (χ4n) is 0. The standard InChI is InChI=1S/ClH.Mg.HNO3.H3N.2H/c;;2-1(3)4;;;/h1H;;(H,2,3,4);1H3;;/q;+2;;;2*-1. The topological polar surface area (TPSA) is 98.4 Å². The quantitative estimate of drug-likeness (QED) is 0.284. The van der Waals surface area contributed by atoms with Crippen LogP contribution in [-0.4, -0.2) is 33.3 Å². The summed E-state index contributed by atoms with van der Waals surface area (Å²) in [4.78, 5) is 8.36. The van der Waals surface area contributed by atoms with E-state index in [1.807, 2.05) is 0 Å². The van der Waals surface area contributed by atoms with Crippen molar-refractivity contribution in [3.63, 3.8) is 0 Å². The molecule has 5 nitrogen and oxygen atoms in total. The minimum atomic E-state index is -1.50. The van der Waals surface area contributed by atoms with Crippen LogP contribution in [0.1, 0.15) is 2.85 Å². The zero-order chi connectivity index (χ0) is 3.58. The first-order valence-electron chi connectivity index (χ1n) is 0.565. The van der Waals surface area contributed by atoms with E-state index in [4.69, 9.17) is 15.3 Å². The summed E-state index contributed by atoms with van der Waals surface area (Å²) in [5.74, 6) is 0. The Hall–Kier alpha value is 0.216. The molecule has 0 atom stereocenters. The van der Waals surface area contributed by atoms with E-state index in [9.17, 15) is 0 Å². The van der Waals surface area contributed by atoms with Gasteiger partial charge < -0.3 is 14.2 Å². The minimum absolute atomic E-state index is 0. The first kappa shape index (κ1) is 27.0. The maximum Gasteiger partial charge on any atom is 2.00 e. The first-order valence-corrected chi connectivity index (χ1v) is 0.565. The second-order valence-corrected chi connectivity index (χ2v) is 0.238. The molecule has 0 rings (SSSR count). The third kappa shape index (κ3) is 2360. The van der Waals surface area contributed by atoms with Crippen molar-refractivity contribution in [3.05, 3.63) is 10.1 Å². The van der Waals surface area contributed by atoms with Gasteiger partial charge in [0.15, 0.2) is 0 Å². The van der Waals surface area contributed by atoms with E-state index in [1.54, 1.807) is 0 Å². The number of hydrogen-bond donors (Lipinski definition) is 2. The molecule has 0 bridgehead atoms. The normalized spacial score (nSPS) is 3.43. The van der Waals surface area contributed by atoms with Crippen LogP contribution in [0.15, 0.2) is 0 Å². The molecule has 0 unspecified atom stereocenters. The molecule has 0 aromatic carbocycles. The molecular formula is H7ClMgN2O3. The molecule has 7 heteroatoms. The zero-order valence-corrected chi connectivity index (χ0v) is 5.76. The maximum atomic E-state index is 8.36. The van der Waals surface area contributed by atoms with Crippen molar-refractivity contribution in [3.8, 4) is 0 Å². The van der Waals surface area contributed by atoms with Gasteiger partial charge in [-0.15, -0.1) is 22.5 Å². The number of hydrogen-bond acceptors (Lipinski definition) is 3.